The molecule has 1 atom stereocenters. The Balaban J connectivity index is 4.97. The molecular weight excluding hydrogens is 198 g/mol. The van der Waals surface area contributed by atoms with Gasteiger partial charge in [-0.3, -0.25) is 0 Å². The smallest absolute Gasteiger partial charge is 0.338 e. The lowest BCUT2D eigenvalue weighted by Crippen LogP contribution is -2.60. The fraction of sp³-hybridized carbons (Fsp3) is 0.800. The minimum absolute atomic E-state index is 0.537. The standard InChI is InChI=1S/C10H19NO4/c1-6(2)10(11,7(12)13)8(14)15-9(3,4)5/h6H,11H2,1-5H3,(H,12,13)/t10-/m0/s1. The van der Waals surface area contributed by atoms with E-state index in [1.165, 1.54) is 0 Å². The number of carboxylic acid groups (broad SMARTS) is 1. The summed E-state index contributed by atoms with van der Waals surface area (Å²) >= 11 is 0. The Kier molecular flexibility index (Phi) is 3.88. The number of carboxylic acids is 1. The maximum Gasteiger partial charge on any atom is 0.338 e. The van der Waals surface area contributed by atoms with E-state index in [0.717, 1.165) is 0 Å². The summed E-state index contributed by atoms with van der Waals surface area (Å²) in [4.78, 5) is 22.6. The van der Waals surface area contributed by atoms with Crippen LogP contribution in [-0.2, 0) is 14.3 Å². The Labute approximate surface area is 89.6 Å². The number of nitrogens with two attached hydrogens (primary N) is 1. The van der Waals surface area contributed by atoms with Gasteiger partial charge in [0.2, 0.25) is 5.54 Å². The van der Waals surface area contributed by atoms with E-state index in [4.69, 9.17) is 15.6 Å². The number of rotatable bonds is 3. The van der Waals surface area contributed by atoms with Gasteiger partial charge in [0.25, 0.3) is 0 Å². The lowest BCUT2D eigenvalue weighted by molar-refractivity contribution is -0.171. The number of carbonyl (C=O) groups is 2. The Morgan fingerprint density at radius 2 is 1.67 bits per heavy atom. The van der Waals surface area contributed by atoms with Gasteiger partial charge in [0, 0.05) is 0 Å². The van der Waals surface area contributed by atoms with Gasteiger partial charge < -0.3 is 15.6 Å². The van der Waals surface area contributed by atoms with Crippen LogP contribution in [0.3, 0.4) is 0 Å². The monoisotopic (exact) mass is 217 g/mol. The predicted octanol–water partition coefficient (Wildman–Crippen LogP) is 0.766. The van der Waals surface area contributed by atoms with Gasteiger partial charge >= 0.3 is 11.9 Å². The van der Waals surface area contributed by atoms with E-state index in [1.807, 2.05) is 0 Å². The second-order valence-corrected chi connectivity index (χ2v) is 4.83. The van der Waals surface area contributed by atoms with Gasteiger partial charge in [-0.25, -0.2) is 9.59 Å². The summed E-state index contributed by atoms with van der Waals surface area (Å²) in [5.41, 5.74) is 2.84. The quantitative estimate of drug-likeness (QED) is 0.538. The molecule has 0 amide bonds. The van der Waals surface area contributed by atoms with Crippen LogP contribution in [0.1, 0.15) is 34.6 Å². The topological polar surface area (TPSA) is 89.6 Å². The number of carbonyl (C=O) groups excluding carboxylic acids is 1. The van der Waals surface area contributed by atoms with Crippen LogP contribution in [0.15, 0.2) is 0 Å². The van der Waals surface area contributed by atoms with Gasteiger partial charge in [-0.15, -0.1) is 0 Å². The molecule has 0 aromatic heterocycles. The van der Waals surface area contributed by atoms with Crippen LogP contribution >= 0.6 is 0 Å². The fourth-order valence-electron chi connectivity index (χ4n) is 0.932. The SMILES string of the molecule is CC(C)[C@](N)(C(=O)O)C(=O)OC(C)(C)C. The minimum atomic E-state index is -1.98. The average molecular weight is 217 g/mol. The summed E-state index contributed by atoms with van der Waals surface area (Å²) in [6, 6.07) is 0. The largest absolute Gasteiger partial charge is 0.479 e. The van der Waals surface area contributed by atoms with Crippen LogP contribution in [0.25, 0.3) is 0 Å². The van der Waals surface area contributed by atoms with E-state index < -0.39 is 29.0 Å². The van der Waals surface area contributed by atoms with Crippen LogP contribution in [0.4, 0.5) is 0 Å². The molecule has 0 aliphatic carbocycles. The highest BCUT2D eigenvalue weighted by atomic mass is 16.6. The molecule has 0 aromatic carbocycles. The van der Waals surface area contributed by atoms with Crippen LogP contribution in [-0.4, -0.2) is 28.2 Å². The van der Waals surface area contributed by atoms with Crippen molar-refractivity contribution >= 4 is 11.9 Å². The Morgan fingerprint density at radius 3 is 1.87 bits per heavy atom. The first-order valence-corrected chi connectivity index (χ1v) is 4.77. The summed E-state index contributed by atoms with van der Waals surface area (Å²) in [5, 5.41) is 8.94. The lowest BCUT2D eigenvalue weighted by Gasteiger charge is -2.30. The van der Waals surface area contributed by atoms with Gasteiger partial charge in [-0.1, -0.05) is 13.8 Å². The summed E-state index contributed by atoms with van der Waals surface area (Å²) in [6.45, 7) is 8.12. The van der Waals surface area contributed by atoms with Crippen LogP contribution in [0, 0.1) is 5.92 Å². The third-order valence-corrected chi connectivity index (χ3v) is 2.00. The summed E-state index contributed by atoms with van der Waals surface area (Å²) in [6.07, 6.45) is 0. The van der Waals surface area contributed by atoms with Crippen molar-refractivity contribution in [3.05, 3.63) is 0 Å². The maximum atomic E-state index is 11.6. The second kappa shape index (κ2) is 4.18. The lowest BCUT2D eigenvalue weighted by atomic mass is 9.87. The molecule has 0 aliphatic heterocycles. The van der Waals surface area contributed by atoms with E-state index in [0.29, 0.717) is 0 Å². The number of esters is 1. The van der Waals surface area contributed by atoms with Crippen molar-refractivity contribution in [3.63, 3.8) is 0 Å². The molecule has 0 saturated heterocycles. The van der Waals surface area contributed by atoms with Gasteiger partial charge in [0.1, 0.15) is 5.60 Å². The first-order chi connectivity index (χ1) is 6.51. The molecule has 0 bridgehead atoms. The number of hydrogen-bond donors (Lipinski definition) is 2. The molecule has 0 heterocycles. The van der Waals surface area contributed by atoms with Crippen LogP contribution < -0.4 is 5.73 Å². The van der Waals surface area contributed by atoms with Crippen molar-refractivity contribution in [1.82, 2.24) is 0 Å². The van der Waals surface area contributed by atoms with Crippen molar-refractivity contribution in [2.24, 2.45) is 11.7 Å². The second-order valence-electron chi connectivity index (χ2n) is 4.83. The normalized spacial score (nSPS) is 15.9. The molecule has 0 unspecified atom stereocenters. The summed E-state index contributed by atoms with van der Waals surface area (Å²) < 4.78 is 4.98. The van der Waals surface area contributed by atoms with E-state index in [-0.39, 0.29) is 0 Å². The van der Waals surface area contributed by atoms with E-state index in [2.05, 4.69) is 0 Å². The molecule has 0 fully saturated rings. The molecule has 0 aliphatic rings. The zero-order valence-electron chi connectivity index (χ0n) is 9.83. The fourth-order valence-corrected chi connectivity index (χ4v) is 0.932. The van der Waals surface area contributed by atoms with Gasteiger partial charge in [0.15, 0.2) is 0 Å². The van der Waals surface area contributed by atoms with Crippen molar-refractivity contribution in [1.29, 1.82) is 0 Å². The molecular formula is C10H19NO4. The number of ether oxygens (including phenoxy) is 1. The van der Waals surface area contributed by atoms with Crippen molar-refractivity contribution in [2.75, 3.05) is 0 Å². The van der Waals surface area contributed by atoms with Gasteiger partial charge in [-0.2, -0.15) is 0 Å². The molecule has 0 rings (SSSR count). The molecule has 5 nitrogen and oxygen atoms in total. The van der Waals surface area contributed by atoms with Crippen molar-refractivity contribution in [2.45, 2.75) is 45.8 Å². The Hall–Kier alpha value is -1.10. The zero-order chi connectivity index (χ0) is 12.4. The highest BCUT2D eigenvalue weighted by Gasteiger charge is 2.48. The summed E-state index contributed by atoms with van der Waals surface area (Å²) in [7, 11) is 0. The molecule has 5 heteroatoms. The first-order valence-electron chi connectivity index (χ1n) is 4.77. The Bertz CT molecular complexity index is 267. The maximum absolute atomic E-state index is 11.6. The molecule has 88 valence electrons. The number of aliphatic carboxylic acids is 1. The van der Waals surface area contributed by atoms with Crippen molar-refractivity contribution in [3.8, 4) is 0 Å². The van der Waals surface area contributed by atoms with E-state index in [9.17, 15) is 9.59 Å². The molecule has 0 aromatic rings. The Morgan fingerprint density at radius 1 is 1.27 bits per heavy atom. The number of hydrogen-bond acceptors (Lipinski definition) is 4. The molecule has 0 saturated carbocycles. The van der Waals surface area contributed by atoms with Crippen LogP contribution in [0.5, 0.6) is 0 Å². The third-order valence-electron chi connectivity index (χ3n) is 2.00. The predicted molar refractivity (Wildman–Crippen MR) is 55.2 cm³/mol. The van der Waals surface area contributed by atoms with Crippen LogP contribution in [0.2, 0.25) is 0 Å². The molecule has 15 heavy (non-hydrogen) atoms. The zero-order valence-corrected chi connectivity index (χ0v) is 9.83. The highest BCUT2D eigenvalue weighted by molar-refractivity contribution is 6.04. The third kappa shape index (κ3) is 3.20. The average Bonchev–Trinajstić information content (AvgIpc) is 1.98. The highest BCUT2D eigenvalue weighted by Crippen LogP contribution is 2.20. The first kappa shape index (κ1) is 13.9. The van der Waals surface area contributed by atoms with E-state index in [1.54, 1.807) is 34.6 Å². The van der Waals surface area contributed by atoms with Gasteiger partial charge in [-0.05, 0) is 26.7 Å². The molecule has 3 N–H and O–H groups in total. The van der Waals surface area contributed by atoms with E-state index >= 15 is 0 Å². The van der Waals surface area contributed by atoms with Crippen molar-refractivity contribution < 1.29 is 19.4 Å². The molecule has 0 spiro atoms. The minimum Gasteiger partial charge on any atom is -0.479 e. The van der Waals surface area contributed by atoms with Gasteiger partial charge in [0.05, 0.1) is 0 Å². The summed E-state index contributed by atoms with van der Waals surface area (Å²) in [5.74, 6) is -2.81. The molecule has 0 radical (unpaired) electrons.